The second kappa shape index (κ2) is 4.30. The third kappa shape index (κ3) is 2.30. The van der Waals surface area contributed by atoms with Crippen LogP contribution in [0.4, 0.5) is 0 Å². The quantitative estimate of drug-likeness (QED) is 0.609. The van der Waals surface area contributed by atoms with E-state index in [9.17, 15) is 13.2 Å². The number of aryl methyl sites for hydroxylation is 1. The fourth-order valence-corrected chi connectivity index (χ4v) is 3.17. The van der Waals surface area contributed by atoms with Gasteiger partial charge in [0.2, 0.25) is 5.91 Å². The SMILES string of the molecule is CCCn1cc(C2CC(=O)N2S(=O)(=O)Cl)cn1. The molecule has 0 saturated carbocycles. The first-order chi connectivity index (χ1) is 7.93. The third-order valence-electron chi connectivity index (χ3n) is 2.62. The second-order valence-corrected chi connectivity index (χ2v) is 6.28. The summed E-state index contributed by atoms with van der Waals surface area (Å²) in [5, 5.41) is 4.09. The van der Waals surface area contributed by atoms with Crippen molar-refractivity contribution in [2.75, 3.05) is 0 Å². The lowest BCUT2D eigenvalue weighted by atomic mass is 10.0. The molecule has 0 bridgehead atoms. The Morgan fingerprint density at radius 3 is 2.82 bits per heavy atom. The van der Waals surface area contributed by atoms with Crippen LogP contribution in [0.3, 0.4) is 0 Å². The monoisotopic (exact) mass is 277 g/mol. The highest BCUT2D eigenvalue weighted by atomic mass is 35.7. The maximum absolute atomic E-state index is 11.2. The Bertz CT molecular complexity index is 539. The summed E-state index contributed by atoms with van der Waals surface area (Å²) in [6.07, 6.45) is 4.41. The molecule has 1 aromatic rings. The van der Waals surface area contributed by atoms with Crippen molar-refractivity contribution in [3.63, 3.8) is 0 Å². The van der Waals surface area contributed by atoms with Crippen molar-refractivity contribution in [2.45, 2.75) is 32.4 Å². The van der Waals surface area contributed by atoms with Gasteiger partial charge in [0.15, 0.2) is 0 Å². The summed E-state index contributed by atoms with van der Waals surface area (Å²) in [5.74, 6) is -0.478. The summed E-state index contributed by atoms with van der Waals surface area (Å²) < 4.78 is 24.8. The molecule has 1 aromatic heterocycles. The molecule has 1 amide bonds. The van der Waals surface area contributed by atoms with Crippen LogP contribution in [0.5, 0.6) is 0 Å². The van der Waals surface area contributed by atoms with Crippen molar-refractivity contribution in [3.05, 3.63) is 18.0 Å². The molecule has 8 heteroatoms. The van der Waals surface area contributed by atoms with E-state index in [0.717, 1.165) is 13.0 Å². The number of nitrogens with zero attached hydrogens (tertiary/aromatic N) is 3. The number of β-lactam (4-membered cyclic amide) rings is 1. The third-order valence-corrected chi connectivity index (χ3v) is 4.00. The molecular formula is C9H12ClN3O3S. The van der Waals surface area contributed by atoms with E-state index >= 15 is 0 Å². The molecule has 1 aliphatic heterocycles. The molecular weight excluding hydrogens is 266 g/mol. The predicted octanol–water partition coefficient (Wildman–Crippen LogP) is 1.05. The number of halogens is 1. The van der Waals surface area contributed by atoms with E-state index in [2.05, 4.69) is 5.10 Å². The van der Waals surface area contributed by atoms with Crippen molar-refractivity contribution in [1.82, 2.24) is 14.1 Å². The lowest BCUT2D eigenvalue weighted by Crippen LogP contribution is -2.47. The van der Waals surface area contributed by atoms with E-state index in [1.54, 1.807) is 17.1 Å². The fraction of sp³-hybridized carbons (Fsp3) is 0.556. The highest BCUT2D eigenvalue weighted by molar-refractivity contribution is 8.12. The molecule has 0 N–H and O–H groups in total. The van der Waals surface area contributed by atoms with E-state index in [4.69, 9.17) is 10.7 Å². The number of carbonyl (C=O) groups is 1. The molecule has 6 nitrogen and oxygen atoms in total. The Morgan fingerprint density at radius 2 is 2.29 bits per heavy atom. The first-order valence-electron chi connectivity index (χ1n) is 5.22. The zero-order valence-corrected chi connectivity index (χ0v) is 10.8. The first kappa shape index (κ1) is 12.4. The highest BCUT2D eigenvalue weighted by Gasteiger charge is 2.45. The normalized spacial score (nSPS) is 20.5. The van der Waals surface area contributed by atoms with Crippen LogP contribution in [0.15, 0.2) is 12.4 Å². The number of rotatable bonds is 4. The van der Waals surface area contributed by atoms with Crippen molar-refractivity contribution >= 4 is 25.8 Å². The van der Waals surface area contributed by atoms with Gasteiger partial charge >= 0.3 is 9.24 Å². The van der Waals surface area contributed by atoms with Gasteiger partial charge in [0.1, 0.15) is 0 Å². The minimum atomic E-state index is -4.00. The molecule has 0 aliphatic carbocycles. The summed E-state index contributed by atoms with van der Waals surface area (Å²) >= 11 is 0. The van der Waals surface area contributed by atoms with Crippen LogP contribution in [-0.2, 0) is 20.6 Å². The van der Waals surface area contributed by atoms with Gasteiger partial charge in [-0.2, -0.15) is 13.5 Å². The number of aromatic nitrogens is 2. The predicted molar refractivity (Wildman–Crippen MR) is 61.5 cm³/mol. The van der Waals surface area contributed by atoms with E-state index in [1.165, 1.54) is 0 Å². The van der Waals surface area contributed by atoms with Gasteiger partial charge in [-0.05, 0) is 6.42 Å². The Morgan fingerprint density at radius 1 is 1.59 bits per heavy atom. The van der Waals surface area contributed by atoms with Crippen LogP contribution in [0.2, 0.25) is 0 Å². The zero-order valence-electron chi connectivity index (χ0n) is 9.21. The van der Waals surface area contributed by atoms with Crippen molar-refractivity contribution < 1.29 is 13.2 Å². The largest absolute Gasteiger partial charge is 0.324 e. The van der Waals surface area contributed by atoms with Crippen molar-refractivity contribution in [1.29, 1.82) is 0 Å². The molecule has 1 atom stereocenters. The zero-order chi connectivity index (χ0) is 12.6. The molecule has 1 aliphatic rings. The maximum Gasteiger partial charge on any atom is 0.324 e. The molecule has 17 heavy (non-hydrogen) atoms. The first-order valence-corrected chi connectivity index (χ1v) is 7.49. The van der Waals surface area contributed by atoms with E-state index < -0.39 is 21.2 Å². The van der Waals surface area contributed by atoms with E-state index in [1.807, 2.05) is 6.92 Å². The smallest absolute Gasteiger partial charge is 0.274 e. The van der Waals surface area contributed by atoms with Gasteiger partial charge in [-0.15, -0.1) is 0 Å². The van der Waals surface area contributed by atoms with Gasteiger partial charge in [0.05, 0.1) is 18.7 Å². The van der Waals surface area contributed by atoms with Crippen LogP contribution in [0.1, 0.15) is 31.4 Å². The number of carbonyl (C=O) groups excluding carboxylic acids is 1. The van der Waals surface area contributed by atoms with Gasteiger partial charge in [-0.25, -0.2) is 4.31 Å². The van der Waals surface area contributed by atoms with Crippen LogP contribution in [0.25, 0.3) is 0 Å². The molecule has 1 unspecified atom stereocenters. The van der Waals surface area contributed by atoms with Crippen LogP contribution < -0.4 is 0 Å². The summed E-state index contributed by atoms with van der Waals surface area (Å²) in [5.41, 5.74) is 0.697. The van der Waals surface area contributed by atoms with Crippen LogP contribution in [-0.4, -0.2) is 28.4 Å². The summed E-state index contributed by atoms with van der Waals surface area (Å²) in [6, 6.07) is -0.504. The Labute approximate surface area is 104 Å². The number of amides is 1. The number of hydrogen-bond acceptors (Lipinski definition) is 4. The standard InChI is InChI=1S/C9H12ClN3O3S/c1-2-3-12-6-7(5-11-12)8-4-9(14)13(8)17(10,15)16/h5-6,8H,2-4H2,1H3. The van der Waals surface area contributed by atoms with Crippen LogP contribution >= 0.6 is 10.7 Å². The van der Waals surface area contributed by atoms with E-state index in [-0.39, 0.29) is 6.42 Å². The lowest BCUT2D eigenvalue weighted by Gasteiger charge is -2.36. The summed E-state index contributed by atoms with van der Waals surface area (Å²) in [4.78, 5) is 11.2. The molecule has 94 valence electrons. The van der Waals surface area contributed by atoms with E-state index in [0.29, 0.717) is 9.87 Å². The Balaban J connectivity index is 2.20. The van der Waals surface area contributed by atoms with Gasteiger partial charge in [-0.1, -0.05) is 6.92 Å². The maximum atomic E-state index is 11.2. The summed E-state index contributed by atoms with van der Waals surface area (Å²) in [7, 11) is 1.20. The molecule has 1 fully saturated rings. The number of hydrogen-bond donors (Lipinski definition) is 0. The highest BCUT2D eigenvalue weighted by Crippen LogP contribution is 2.37. The van der Waals surface area contributed by atoms with Crippen molar-refractivity contribution in [3.8, 4) is 0 Å². The van der Waals surface area contributed by atoms with Crippen LogP contribution in [0, 0.1) is 0 Å². The minimum absolute atomic E-state index is 0.157. The topological polar surface area (TPSA) is 72.3 Å². The summed E-state index contributed by atoms with van der Waals surface area (Å²) in [6.45, 7) is 2.78. The fourth-order valence-electron chi connectivity index (χ4n) is 1.83. The minimum Gasteiger partial charge on any atom is -0.274 e. The van der Waals surface area contributed by atoms with Crippen molar-refractivity contribution in [2.24, 2.45) is 0 Å². The average molecular weight is 278 g/mol. The van der Waals surface area contributed by atoms with Gasteiger partial charge in [-0.3, -0.25) is 9.48 Å². The molecule has 1 saturated heterocycles. The Hall–Kier alpha value is -1.08. The molecule has 0 radical (unpaired) electrons. The lowest BCUT2D eigenvalue weighted by molar-refractivity contribution is -0.137. The molecule has 2 heterocycles. The average Bonchev–Trinajstić information content (AvgIpc) is 2.60. The molecule has 0 spiro atoms. The molecule has 0 aromatic carbocycles. The Kier molecular flexibility index (Phi) is 3.13. The molecule has 2 rings (SSSR count). The van der Waals surface area contributed by atoms with Gasteiger partial charge in [0, 0.05) is 29.0 Å². The van der Waals surface area contributed by atoms with Gasteiger partial charge < -0.3 is 0 Å². The second-order valence-electron chi connectivity index (χ2n) is 3.89. The van der Waals surface area contributed by atoms with Gasteiger partial charge in [0.25, 0.3) is 0 Å².